The molecule has 160 valence electrons. The van der Waals surface area contributed by atoms with Crippen LogP contribution >= 0.6 is 0 Å². The molecule has 0 saturated carbocycles. The van der Waals surface area contributed by atoms with Crippen molar-refractivity contribution in [2.45, 2.75) is 33.7 Å². The molecule has 0 fully saturated rings. The minimum atomic E-state index is -1.64. The summed E-state index contributed by atoms with van der Waals surface area (Å²) in [7, 11) is 0. The van der Waals surface area contributed by atoms with Gasteiger partial charge in [0.25, 0.3) is 0 Å². The second kappa shape index (κ2) is 13.5. The molecule has 0 unspecified atom stereocenters. The van der Waals surface area contributed by atoms with Crippen molar-refractivity contribution in [3.63, 3.8) is 0 Å². The summed E-state index contributed by atoms with van der Waals surface area (Å²) in [5, 5.41) is 6.65. The van der Waals surface area contributed by atoms with Gasteiger partial charge in [0, 0.05) is 0 Å². The minimum Gasteiger partial charge on any atom is -0.463 e. The first-order chi connectivity index (χ1) is 13.1. The zero-order valence-corrected chi connectivity index (χ0v) is 16.7. The molecule has 0 aromatic heterocycles. The number of carbonyl (C=O) groups is 5. The molecule has 0 aromatic rings. The molecule has 0 aliphatic carbocycles. The van der Waals surface area contributed by atoms with Gasteiger partial charge in [0.2, 0.25) is 23.8 Å². The summed E-state index contributed by atoms with van der Waals surface area (Å²) < 4.78 is 9.99. The summed E-state index contributed by atoms with van der Waals surface area (Å²) in [6, 6.07) is -1.64. The van der Waals surface area contributed by atoms with Gasteiger partial charge in [-0.2, -0.15) is 0 Å². The Bertz CT molecular complexity index is 540. The molecule has 0 heterocycles. The highest BCUT2D eigenvalue weighted by Crippen LogP contribution is 2.01. The predicted molar refractivity (Wildman–Crippen MR) is 98.6 cm³/mol. The second-order valence-electron chi connectivity index (χ2n) is 6.81. The number of nitrogens with one attached hydrogen (secondary N) is 3. The number of hydrogen-bond acceptors (Lipinski definition) is 8. The maximum absolute atomic E-state index is 12.1. The van der Waals surface area contributed by atoms with E-state index in [4.69, 9.17) is 15.2 Å². The number of rotatable bonds is 12. The molecule has 0 aliphatic rings. The van der Waals surface area contributed by atoms with Crippen LogP contribution in [0.2, 0.25) is 0 Å². The van der Waals surface area contributed by atoms with Crippen LogP contribution in [0.15, 0.2) is 0 Å². The molecule has 0 atom stereocenters. The van der Waals surface area contributed by atoms with Crippen molar-refractivity contribution in [2.75, 3.05) is 32.8 Å². The first kappa shape index (κ1) is 25.3. The molecule has 0 aliphatic heterocycles. The van der Waals surface area contributed by atoms with Crippen LogP contribution in [0.4, 0.5) is 0 Å². The van der Waals surface area contributed by atoms with Crippen LogP contribution in [0.5, 0.6) is 0 Å². The molecule has 11 nitrogen and oxygen atoms in total. The van der Waals surface area contributed by atoms with Gasteiger partial charge in [-0.3, -0.25) is 14.4 Å². The van der Waals surface area contributed by atoms with Gasteiger partial charge >= 0.3 is 11.9 Å². The number of esters is 2. The van der Waals surface area contributed by atoms with E-state index in [0.717, 1.165) is 0 Å². The van der Waals surface area contributed by atoms with Crippen molar-refractivity contribution >= 4 is 29.7 Å². The quantitative estimate of drug-likeness (QED) is 0.216. The molecular weight excluding hydrogens is 372 g/mol. The SMILES string of the molecule is CC(C)COC(=O)C(NC(=O)CNC(=O)CNC(=O)CN)C(=O)OCC(C)C. The van der Waals surface area contributed by atoms with E-state index < -0.39 is 42.2 Å². The average molecular weight is 402 g/mol. The van der Waals surface area contributed by atoms with Crippen molar-refractivity contribution in [2.24, 2.45) is 17.6 Å². The highest BCUT2D eigenvalue weighted by molar-refractivity contribution is 6.03. The van der Waals surface area contributed by atoms with Crippen molar-refractivity contribution in [1.82, 2.24) is 16.0 Å². The summed E-state index contributed by atoms with van der Waals surface area (Å²) >= 11 is 0. The molecule has 0 aromatic carbocycles. The van der Waals surface area contributed by atoms with Crippen LogP contribution < -0.4 is 21.7 Å². The largest absolute Gasteiger partial charge is 0.463 e. The third-order valence-corrected chi connectivity index (χ3v) is 2.97. The molecular formula is C17H30N4O7. The zero-order chi connectivity index (χ0) is 21.7. The molecule has 11 heteroatoms. The maximum atomic E-state index is 12.1. The van der Waals surface area contributed by atoms with Gasteiger partial charge in [0.05, 0.1) is 32.8 Å². The fourth-order valence-corrected chi connectivity index (χ4v) is 1.58. The van der Waals surface area contributed by atoms with E-state index in [9.17, 15) is 24.0 Å². The van der Waals surface area contributed by atoms with Crippen LogP contribution in [-0.4, -0.2) is 68.6 Å². The monoisotopic (exact) mass is 402 g/mol. The Kier molecular flexibility index (Phi) is 12.2. The number of hydrogen-bond donors (Lipinski definition) is 4. The summed E-state index contributed by atoms with van der Waals surface area (Å²) in [6.45, 7) is 6.26. The summed E-state index contributed by atoms with van der Waals surface area (Å²) in [6.07, 6.45) is 0. The second-order valence-corrected chi connectivity index (χ2v) is 6.81. The molecule has 0 spiro atoms. The van der Waals surface area contributed by atoms with Crippen molar-refractivity contribution in [3.05, 3.63) is 0 Å². The van der Waals surface area contributed by atoms with Crippen LogP contribution in [-0.2, 0) is 33.4 Å². The lowest BCUT2D eigenvalue weighted by Gasteiger charge is -2.18. The topological polar surface area (TPSA) is 166 Å². The lowest BCUT2D eigenvalue weighted by Crippen LogP contribution is -2.51. The highest BCUT2D eigenvalue weighted by atomic mass is 16.6. The lowest BCUT2D eigenvalue weighted by molar-refractivity contribution is -0.161. The Balaban J connectivity index is 4.71. The minimum absolute atomic E-state index is 0.0370. The first-order valence-electron chi connectivity index (χ1n) is 8.92. The fourth-order valence-electron chi connectivity index (χ4n) is 1.58. The normalized spacial score (nSPS) is 10.6. The standard InChI is InChI=1S/C17H30N4O7/c1-10(2)8-27-16(25)15(17(26)28-9-11(3)4)21-14(24)7-20-13(23)6-19-12(22)5-18/h10-11,15H,5-9,18H2,1-4H3,(H,19,22)(H,20,23)(H,21,24). The van der Waals surface area contributed by atoms with Gasteiger partial charge in [-0.25, -0.2) is 9.59 Å². The third kappa shape index (κ3) is 11.8. The maximum Gasteiger partial charge on any atom is 0.340 e. The van der Waals surface area contributed by atoms with Gasteiger partial charge in [-0.1, -0.05) is 27.7 Å². The zero-order valence-electron chi connectivity index (χ0n) is 16.7. The van der Waals surface area contributed by atoms with Crippen molar-refractivity contribution in [1.29, 1.82) is 0 Å². The number of amides is 3. The van der Waals surface area contributed by atoms with Crippen LogP contribution in [0.1, 0.15) is 27.7 Å². The van der Waals surface area contributed by atoms with E-state index >= 15 is 0 Å². The Morgan fingerprint density at radius 1 is 0.750 bits per heavy atom. The van der Waals surface area contributed by atoms with Gasteiger partial charge in [0.1, 0.15) is 0 Å². The van der Waals surface area contributed by atoms with E-state index in [-0.39, 0.29) is 38.1 Å². The van der Waals surface area contributed by atoms with E-state index in [1.165, 1.54) is 0 Å². The number of carbonyl (C=O) groups excluding carboxylic acids is 5. The molecule has 0 saturated heterocycles. The molecule has 0 rings (SSSR count). The Hall–Kier alpha value is -2.69. The Labute approximate surface area is 164 Å². The van der Waals surface area contributed by atoms with Gasteiger partial charge in [-0.05, 0) is 11.8 Å². The van der Waals surface area contributed by atoms with Gasteiger partial charge in [0.15, 0.2) is 0 Å². The predicted octanol–water partition coefficient (Wildman–Crippen LogP) is -1.94. The van der Waals surface area contributed by atoms with E-state index in [1.54, 1.807) is 0 Å². The van der Waals surface area contributed by atoms with E-state index in [1.807, 2.05) is 27.7 Å². The fraction of sp³-hybridized carbons (Fsp3) is 0.706. The summed E-state index contributed by atoms with van der Waals surface area (Å²) in [5.74, 6) is -3.79. The highest BCUT2D eigenvalue weighted by Gasteiger charge is 2.32. The van der Waals surface area contributed by atoms with Crippen molar-refractivity contribution in [3.8, 4) is 0 Å². The third-order valence-electron chi connectivity index (χ3n) is 2.97. The summed E-state index contributed by atoms with van der Waals surface area (Å²) in [4.78, 5) is 58.8. The van der Waals surface area contributed by atoms with Crippen LogP contribution in [0, 0.1) is 11.8 Å². The van der Waals surface area contributed by atoms with E-state index in [0.29, 0.717) is 0 Å². The van der Waals surface area contributed by atoms with Crippen LogP contribution in [0.3, 0.4) is 0 Å². The molecule has 28 heavy (non-hydrogen) atoms. The smallest absolute Gasteiger partial charge is 0.340 e. The Morgan fingerprint density at radius 2 is 1.18 bits per heavy atom. The molecule has 0 radical (unpaired) electrons. The van der Waals surface area contributed by atoms with E-state index in [2.05, 4.69) is 16.0 Å². The first-order valence-corrected chi connectivity index (χ1v) is 8.92. The van der Waals surface area contributed by atoms with Gasteiger partial charge in [-0.15, -0.1) is 0 Å². The molecule has 5 N–H and O–H groups in total. The summed E-state index contributed by atoms with van der Waals surface area (Å²) in [5.41, 5.74) is 5.08. The average Bonchev–Trinajstić information content (AvgIpc) is 2.64. The van der Waals surface area contributed by atoms with Crippen molar-refractivity contribution < 1.29 is 33.4 Å². The lowest BCUT2D eigenvalue weighted by atomic mass is 10.2. The number of ether oxygens (including phenoxy) is 2. The molecule has 0 bridgehead atoms. The Morgan fingerprint density at radius 3 is 1.61 bits per heavy atom. The number of nitrogens with two attached hydrogens (primary N) is 1. The van der Waals surface area contributed by atoms with Gasteiger partial charge < -0.3 is 31.2 Å². The van der Waals surface area contributed by atoms with Crippen LogP contribution in [0.25, 0.3) is 0 Å². The molecule has 3 amide bonds.